The van der Waals surface area contributed by atoms with Gasteiger partial charge in [-0.05, 0) is 43.9 Å². The molecule has 1 fully saturated rings. The van der Waals surface area contributed by atoms with Gasteiger partial charge in [0.25, 0.3) is 5.56 Å². The van der Waals surface area contributed by atoms with Crippen molar-refractivity contribution in [2.24, 2.45) is 0 Å². The van der Waals surface area contributed by atoms with Crippen LogP contribution in [0.25, 0.3) is 10.9 Å². The number of benzene rings is 2. The smallest absolute Gasteiger partial charge is 0.262 e. The third-order valence-electron chi connectivity index (χ3n) is 5.79. The Bertz CT molecular complexity index is 1140. The van der Waals surface area contributed by atoms with Crippen molar-refractivity contribution >= 4 is 28.6 Å². The summed E-state index contributed by atoms with van der Waals surface area (Å²) in [6, 6.07) is 15.5. The van der Waals surface area contributed by atoms with Crippen molar-refractivity contribution in [1.29, 1.82) is 0 Å². The van der Waals surface area contributed by atoms with Crippen molar-refractivity contribution in [1.82, 2.24) is 14.9 Å². The minimum absolute atomic E-state index is 0.00912. The van der Waals surface area contributed by atoms with E-state index in [0.29, 0.717) is 22.6 Å². The lowest BCUT2D eigenvalue weighted by atomic mass is 10.0. The summed E-state index contributed by atoms with van der Waals surface area (Å²) in [5.74, 6) is 0.118. The molecule has 0 saturated carbocycles. The monoisotopic (exact) mass is 451 g/mol. The standard InChI is InChI=1S/C25H29N3O3S/c1-3-21(18-12-10-17(2)11-13-18)26-23(29)16-32-25-27-22-9-5-4-8-20(22)24(30)28(25)15-19-7-6-14-31-19/h4-5,8-13,19,21H,3,6-7,14-16H2,1-2H3,(H,26,29). The van der Waals surface area contributed by atoms with Crippen molar-refractivity contribution in [3.8, 4) is 0 Å². The molecule has 6 nitrogen and oxygen atoms in total. The van der Waals surface area contributed by atoms with Crippen LogP contribution in [0.15, 0.2) is 58.5 Å². The zero-order valence-electron chi connectivity index (χ0n) is 18.5. The van der Waals surface area contributed by atoms with Gasteiger partial charge in [-0.15, -0.1) is 0 Å². The fraction of sp³-hybridized carbons (Fsp3) is 0.400. The first kappa shape index (κ1) is 22.6. The van der Waals surface area contributed by atoms with Crippen LogP contribution in [0.2, 0.25) is 0 Å². The van der Waals surface area contributed by atoms with Gasteiger partial charge in [0.05, 0.1) is 35.3 Å². The van der Waals surface area contributed by atoms with Crippen LogP contribution in [0.1, 0.15) is 43.4 Å². The highest BCUT2D eigenvalue weighted by molar-refractivity contribution is 7.99. The highest BCUT2D eigenvalue weighted by Crippen LogP contribution is 2.22. The molecular formula is C25H29N3O3S. The normalized spacial score (nSPS) is 16.9. The maximum absolute atomic E-state index is 13.2. The Balaban J connectivity index is 1.51. The minimum Gasteiger partial charge on any atom is -0.376 e. The Kier molecular flexibility index (Phi) is 7.27. The van der Waals surface area contributed by atoms with Gasteiger partial charge >= 0.3 is 0 Å². The fourth-order valence-corrected chi connectivity index (χ4v) is 4.82. The van der Waals surface area contributed by atoms with E-state index < -0.39 is 0 Å². The number of aryl methyl sites for hydroxylation is 1. The number of aromatic nitrogens is 2. The van der Waals surface area contributed by atoms with Crippen molar-refractivity contribution in [2.45, 2.75) is 57.0 Å². The number of carbonyl (C=O) groups excluding carboxylic acids is 1. The number of ether oxygens (including phenoxy) is 1. The third-order valence-corrected chi connectivity index (χ3v) is 6.77. The second-order valence-corrected chi connectivity index (χ2v) is 9.13. The molecule has 2 atom stereocenters. The summed E-state index contributed by atoms with van der Waals surface area (Å²) in [6.07, 6.45) is 2.74. The van der Waals surface area contributed by atoms with E-state index in [1.54, 1.807) is 10.6 Å². The minimum atomic E-state index is -0.0832. The molecule has 32 heavy (non-hydrogen) atoms. The summed E-state index contributed by atoms with van der Waals surface area (Å²) in [6.45, 7) is 5.29. The Morgan fingerprint density at radius 1 is 1.25 bits per heavy atom. The third kappa shape index (κ3) is 5.22. The number of fused-ring (bicyclic) bond motifs is 1. The zero-order valence-corrected chi connectivity index (χ0v) is 19.4. The van der Waals surface area contributed by atoms with Gasteiger partial charge in [0.15, 0.2) is 5.16 Å². The molecule has 0 bridgehead atoms. The van der Waals surface area contributed by atoms with Crippen LogP contribution in [-0.2, 0) is 16.1 Å². The fourth-order valence-electron chi connectivity index (χ4n) is 4.00. The molecule has 0 radical (unpaired) electrons. The highest BCUT2D eigenvalue weighted by Gasteiger charge is 2.21. The van der Waals surface area contributed by atoms with Crippen LogP contribution >= 0.6 is 11.8 Å². The van der Waals surface area contributed by atoms with E-state index in [-0.39, 0.29) is 29.4 Å². The van der Waals surface area contributed by atoms with E-state index in [9.17, 15) is 9.59 Å². The second-order valence-electron chi connectivity index (χ2n) is 8.19. The van der Waals surface area contributed by atoms with Crippen LogP contribution in [0.5, 0.6) is 0 Å². The SMILES string of the molecule is CCC(NC(=O)CSc1nc2ccccc2c(=O)n1CC1CCCO1)c1ccc(C)cc1. The maximum Gasteiger partial charge on any atom is 0.262 e. The van der Waals surface area contributed by atoms with Crippen LogP contribution in [0.4, 0.5) is 0 Å². The van der Waals surface area contributed by atoms with Gasteiger partial charge in [0.1, 0.15) is 0 Å². The lowest BCUT2D eigenvalue weighted by molar-refractivity contribution is -0.119. The maximum atomic E-state index is 13.2. The second kappa shape index (κ2) is 10.3. The molecule has 2 unspecified atom stereocenters. The average molecular weight is 452 g/mol. The number of hydrogen-bond donors (Lipinski definition) is 1. The molecular weight excluding hydrogens is 422 g/mol. The number of amides is 1. The van der Waals surface area contributed by atoms with Crippen molar-refractivity contribution in [3.05, 3.63) is 70.0 Å². The molecule has 1 amide bonds. The Morgan fingerprint density at radius 3 is 2.75 bits per heavy atom. The quantitative estimate of drug-likeness (QED) is 0.410. The first-order valence-electron chi connectivity index (χ1n) is 11.1. The van der Waals surface area contributed by atoms with Crippen LogP contribution in [0, 0.1) is 6.92 Å². The molecule has 0 aliphatic carbocycles. The number of rotatable bonds is 8. The number of para-hydroxylation sites is 1. The lowest BCUT2D eigenvalue weighted by Crippen LogP contribution is -2.31. The first-order valence-corrected chi connectivity index (χ1v) is 12.1. The molecule has 1 saturated heterocycles. The van der Waals surface area contributed by atoms with Crippen LogP contribution < -0.4 is 10.9 Å². The summed E-state index contributed by atoms with van der Waals surface area (Å²) in [5, 5.41) is 4.26. The number of thioether (sulfide) groups is 1. The first-order chi connectivity index (χ1) is 15.5. The van der Waals surface area contributed by atoms with Gasteiger partial charge in [0, 0.05) is 6.61 Å². The lowest BCUT2D eigenvalue weighted by Gasteiger charge is -2.19. The average Bonchev–Trinajstić information content (AvgIpc) is 3.32. The molecule has 4 rings (SSSR count). The predicted octanol–water partition coefficient (Wildman–Crippen LogP) is 4.24. The van der Waals surface area contributed by atoms with Gasteiger partial charge in [-0.3, -0.25) is 14.2 Å². The number of hydrogen-bond acceptors (Lipinski definition) is 5. The van der Waals surface area contributed by atoms with E-state index in [1.165, 1.54) is 17.3 Å². The van der Waals surface area contributed by atoms with Gasteiger partial charge in [-0.2, -0.15) is 0 Å². The summed E-state index contributed by atoms with van der Waals surface area (Å²) < 4.78 is 7.43. The van der Waals surface area contributed by atoms with Crippen molar-refractivity contribution in [2.75, 3.05) is 12.4 Å². The van der Waals surface area contributed by atoms with Gasteiger partial charge in [0.2, 0.25) is 5.91 Å². The Hall–Kier alpha value is -2.64. The molecule has 3 aromatic rings. The van der Waals surface area contributed by atoms with Crippen LogP contribution in [-0.4, -0.2) is 33.9 Å². The summed E-state index contributed by atoms with van der Waals surface area (Å²) in [7, 11) is 0. The highest BCUT2D eigenvalue weighted by atomic mass is 32.2. The summed E-state index contributed by atoms with van der Waals surface area (Å²) >= 11 is 1.30. The zero-order chi connectivity index (χ0) is 22.5. The molecule has 2 heterocycles. The van der Waals surface area contributed by atoms with Crippen molar-refractivity contribution in [3.63, 3.8) is 0 Å². The Labute approximate surface area is 192 Å². The number of nitrogens with one attached hydrogen (secondary N) is 1. The molecule has 1 N–H and O–H groups in total. The van der Waals surface area contributed by atoms with Gasteiger partial charge in [-0.25, -0.2) is 4.98 Å². The molecule has 1 aliphatic heterocycles. The molecule has 1 aliphatic rings. The van der Waals surface area contributed by atoms with E-state index in [4.69, 9.17) is 9.72 Å². The number of nitrogens with zero attached hydrogens (tertiary/aromatic N) is 2. The largest absolute Gasteiger partial charge is 0.376 e. The van der Waals surface area contributed by atoms with E-state index >= 15 is 0 Å². The van der Waals surface area contributed by atoms with E-state index in [1.807, 2.05) is 25.1 Å². The topological polar surface area (TPSA) is 73.2 Å². The van der Waals surface area contributed by atoms with Gasteiger partial charge < -0.3 is 10.1 Å². The van der Waals surface area contributed by atoms with Crippen molar-refractivity contribution < 1.29 is 9.53 Å². The predicted molar refractivity (Wildman–Crippen MR) is 128 cm³/mol. The molecule has 2 aromatic carbocycles. The van der Waals surface area contributed by atoms with Gasteiger partial charge in [-0.1, -0.05) is 60.6 Å². The number of carbonyl (C=O) groups is 1. The molecule has 0 spiro atoms. The molecule has 168 valence electrons. The molecule has 7 heteroatoms. The van der Waals surface area contributed by atoms with E-state index in [0.717, 1.165) is 31.4 Å². The Morgan fingerprint density at radius 2 is 2.03 bits per heavy atom. The molecule has 1 aromatic heterocycles. The summed E-state index contributed by atoms with van der Waals surface area (Å²) in [5.41, 5.74) is 2.85. The van der Waals surface area contributed by atoms with E-state index in [2.05, 4.69) is 36.5 Å². The summed E-state index contributed by atoms with van der Waals surface area (Å²) in [4.78, 5) is 30.6. The van der Waals surface area contributed by atoms with Crippen LogP contribution in [0.3, 0.4) is 0 Å².